The molecule has 0 amide bonds. The van der Waals surface area contributed by atoms with E-state index in [9.17, 15) is 0 Å². The highest BCUT2D eigenvalue weighted by Crippen LogP contribution is 2.22. The first-order valence-corrected chi connectivity index (χ1v) is 5.73. The minimum atomic E-state index is 0.729. The number of benzene rings is 1. The monoisotopic (exact) mass is 222 g/mol. The number of hydrogen-bond donors (Lipinski definition) is 1. The Morgan fingerprint density at radius 3 is 2.62 bits per heavy atom. The summed E-state index contributed by atoms with van der Waals surface area (Å²) in [6.07, 6.45) is 2.21. The number of aryl methyl sites for hydroxylation is 1. The molecule has 0 aliphatic rings. The van der Waals surface area contributed by atoms with Crippen LogP contribution in [-0.2, 0) is 0 Å². The Balaban J connectivity index is 2.27. The SMILES string of the molecule is Cc1ccc(OCCCCN(C)C)c(N)c1. The van der Waals surface area contributed by atoms with Gasteiger partial charge in [-0.1, -0.05) is 6.07 Å². The van der Waals surface area contributed by atoms with Gasteiger partial charge in [0.15, 0.2) is 0 Å². The van der Waals surface area contributed by atoms with Crippen LogP contribution in [0.4, 0.5) is 5.69 Å². The van der Waals surface area contributed by atoms with E-state index >= 15 is 0 Å². The fraction of sp³-hybridized carbons (Fsp3) is 0.538. The molecule has 0 spiro atoms. The highest BCUT2D eigenvalue weighted by atomic mass is 16.5. The van der Waals surface area contributed by atoms with E-state index in [1.165, 1.54) is 0 Å². The van der Waals surface area contributed by atoms with Gasteiger partial charge in [0.25, 0.3) is 0 Å². The van der Waals surface area contributed by atoms with Crippen LogP contribution >= 0.6 is 0 Å². The van der Waals surface area contributed by atoms with Gasteiger partial charge in [0.05, 0.1) is 12.3 Å². The van der Waals surface area contributed by atoms with E-state index in [-0.39, 0.29) is 0 Å². The van der Waals surface area contributed by atoms with Crippen molar-refractivity contribution in [2.75, 3.05) is 33.0 Å². The molecule has 90 valence electrons. The molecule has 2 N–H and O–H groups in total. The second kappa shape index (κ2) is 6.38. The van der Waals surface area contributed by atoms with Crippen molar-refractivity contribution in [2.24, 2.45) is 0 Å². The van der Waals surface area contributed by atoms with E-state index in [0.29, 0.717) is 0 Å². The molecule has 3 heteroatoms. The number of nitrogens with zero attached hydrogens (tertiary/aromatic N) is 1. The fourth-order valence-electron chi connectivity index (χ4n) is 1.51. The van der Waals surface area contributed by atoms with Gasteiger partial charge in [0, 0.05) is 0 Å². The number of nitrogens with two attached hydrogens (primary N) is 1. The molecule has 1 rings (SSSR count). The molecule has 16 heavy (non-hydrogen) atoms. The zero-order valence-corrected chi connectivity index (χ0v) is 10.5. The standard InChI is InChI=1S/C13H22N2O/c1-11-6-7-13(12(14)10-11)16-9-5-4-8-15(2)3/h6-7,10H,4-5,8-9,14H2,1-3H3. The molecule has 1 aromatic carbocycles. The molecule has 0 radical (unpaired) electrons. The minimum absolute atomic E-state index is 0.729. The van der Waals surface area contributed by atoms with Gasteiger partial charge < -0.3 is 15.4 Å². The summed E-state index contributed by atoms with van der Waals surface area (Å²) in [6, 6.07) is 5.90. The average molecular weight is 222 g/mol. The summed E-state index contributed by atoms with van der Waals surface area (Å²) < 4.78 is 5.63. The van der Waals surface area contributed by atoms with Crippen molar-refractivity contribution >= 4 is 5.69 Å². The van der Waals surface area contributed by atoms with Gasteiger partial charge in [0.1, 0.15) is 5.75 Å². The van der Waals surface area contributed by atoms with Crippen molar-refractivity contribution < 1.29 is 4.74 Å². The van der Waals surface area contributed by atoms with Gasteiger partial charge >= 0.3 is 0 Å². The second-order valence-corrected chi connectivity index (χ2v) is 4.40. The van der Waals surface area contributed by atoms with Crippen molar-refractivity contribution in [3.63, 3.8) is 0 Å². The number of ether oxygens (including phenoxy) is 1. The number of anilines is 1. The third-order valence-corrected chi connectivity index (χ3v) is 2.42. The quantitative estimate of drug-likeness (QED) is 0.593. The van der Waals surface area contributed by atoms with E-state index in [4.69, 9.17) is 10.5 Å². The molecule has 0 saturated heterocycles. The Morgan fingerprint density at radius 1 is 1.25 bits per heavy atom. The first-order chi connectivity index (χ1) is 7.59. The molecule has 1 aromatic rings. The van der Waals surface area contributed by atoms with Gasteiger partial charge in [0.2, 0.25) is 0 Å². The zero-order chi connectivity index (χ0) is 12.0. The van der Waals surface area contributed by atoms with Crippen molar-refractivity contribution in [2.45, 2.75) is 19.8 Å². The Kier molecular flexibility index (Phi) is 5.12. The van der Waals surface area contributed by atoms with Crippen LogP contribution in [0.15, 0.2) is 18.2 Å². The number of unbranched alkanes of at least 4 members (excludes halogenated alkanes) is 1. The maximum absolute atomic E-state index is 5.85. The molecule has 3 nitrogen and oxygen atoms in total. The number of rotatable bonds is 6. The summed E-state index contributed by atoms with van der Waals surface area (Å²) >= 11 is 0. The fourth-order valence-corrected chi connectivity index (χ4v) is 1.51. The molecule has 0 heterocycles. The summed E-state index contributed by atoms with van der Waals surface area (Å²) in [5.74, 6) is 0.801. The Morgan fingerprint density at radius 2 is 2.00 bits per heavy atom. The van der Waals surface area contributed by atoms with E-state index in [1.807, 2.05) is 25.1 Å². The summed E-state index contributed by atoms with van der Waals surface area (Å²) in [5.41, 5.74) is 7.74. The lowest BCUT2D eigenvalue weighted by atomic mass is 10.2. The predicted molar refractivity (Wildman–Crippen MR) is 68.9 cm³/mol. The minimum Gasteiger partial charge on any atom is -0.491 e. The Bertz CT molecular complexity index is 324. The zero-order valence-electron chi connectivity index (χ0n) is 10.5. The van der Waals surface area contributed by atoms with Crippen LogP contribution in [0.5, 0.6) is 5.75 Å². The number of hydrogen-bond acceptors (Lipinski definition) is 3. The third-order valence-electron chi connectivity index (χ3n) is 2.42. The van der Waals surface area contributed by atoms with E-state index in [1.54, 1.807) is 0 Å². The topological polar surface area (TPSA) is 38.5 Å². The molecule has 0 saturated carbocycles. The lowest BCUT2D eigenvalue weighted by molar-refractivity contribution is 0.294. The Hall–Kier alpha value is -1.22. The second-order valence-electron chi connectivity index (χ2n) is 4.40. The van der Waals surface area contributed by atoms with Gasteiger partial charge in [-0.3, -0.25) is 0 Å². The van der Waals surface area contributed by atoms with Crippen LogP contribution in [0.3, 0.4) is 0 Å². The van der Waals surface area contributed by atoms with Crippen molar-refractivity contribution in [3.05, 3.63) is 23.8 Å². The molecule has 0 aromatic heterocycles. The summed E-state index contributed by atoms with van der Waals surface area (Å²) in [7, 11) is 4.16. The highest BCUT2D eigenvalue weighted by molar-refractivity contribution is 5.53. The van der Waals surface area contributed by atoms with Crippen molar-refractivity contribution in [1.82, 2.24) is 4.90 Å². The van der Waals surface area contributed by atoms with Gasteiger partial charge in [-0.15, -0.1) is 0 Å². The van der Waals surface area contributed by atoms with Crippen molar-refractivity contribution in [1.29, 1.82) is 0 Å². The van der Waals surface area contributed by atoms with Gasteiger partial charge in [-0.25, -0.2) is 0 Å². The van der Waals surface area contributed by atoms with Gasteiger partial charge in [-0.2, -0.15) is 0 Å². The molecule has 0 atom stereocenters. The lowest BCUT2D eigenvalue weighted by Gasteiger charge is -2.11. The van der Waals surface area contributed by atoms with Crippen LogP contribution in [0.25, 0.3) is 0 Å². The van der Waals surface area contributed by atoms with Crippen LogP contribution in [0, 0.1) is 6.92 Å². The summed E-state index contributed by atoms with van der Waals surface area (Å²) in [4.78, 5) is 2.18. The molecular weight excluding hydrogens is 200 g/mol. The Labute approximate surface area is 98.2 Å². The summed E-state index contributed by atoms with van der Waals surface area (Å²) in [5, 5.41) is 0. The largest absolute Gasteiger partial charge is 0.491 e. The molecule has 0 unspecified atom stereocenters. The lowest BCUT2D eigenvalue weighted by Crippen LogP contribution is -2.13. The molecule has 0 fully saturated rings. The third kappa shape index (κ3) is 4.53. The predicted octanol–water partition coefficient (Wildman–Crippen LogP) is 2.30. The van der Waals surface area contributed by atoms with E-state index in [2.05, 4.69) is 19.0 Å². The maximum Gasteiger partial charge on any atom is 0.142 e. The maximum atomic E-state index is 5.85. The van der Waals surface area contributed by atoms with Crippen molar-refractivity contribution in [3.8, 4) is 5.75 Å². The molecule has 0 aliphatic heterocycles. The van der Waals surface area contributed by atoms with E-state index in [0.717, 1.165) is 43.0 Å². The van der Waals surface area contributed by atoms with Crippen LogP contribution in [-0.4, -0.2) is 32.1 Å². The normalized spacial score (nSPS) is 10.8. The van der Waals surface area contributed by atoms with Gasteiger partial charge in [-0.05, 0) is 58.1 Å². The first-order valence-electron chi connectivity index (χ1n) is 5.73. The van der Waals surface area contributed by atoms with Crippen LogP contribution in [0.1, 0.15) is 18.4 Å². The smallest absolute Gasteiger partial charge is 0.142 e. The number of nitrogen functional groups attached to an aromatic ring is 1. The van der Waals surface area contributed by atoms with E-state index < -0.39 is 0 Å². The molecule has 0 aliphatic carbocycles. The first kappa shape index (κ1) is 12.8. The average Bonchev–Trinajstić information content (AvgIpc) is 2.20. The van der Waals surface area contributed by atoms with Crippen LogP contribution < -0.4 is 10.5 Å². The molecular formula is C13H22N2O. The highest BCUT2D eigenvalue weighted by Gasteiger charge is 2.00. The summed E-state index contributed by atoms with van der Waals surface area (Å²) in [6.45, 7) is 3.87. The van der Waals surface area contributed by atoms with Crippen LogP contribution in [0.2, 0.25) is 0 Å². The molecule has 0 bridgehead atoms.